The first-order chi connectivity index (χ1) is 10.9. The number of carbonyl (C=O) groups excluding carboxylic acids is 2. The number of rotatable bonds is 4. The molecule has 0 aliphatic rings. The molecule has 2 aromatic rings. The van der Waals surface area contributed by atoms with E-state index >= 15 is 0 Å². The molecule has 23 heavy (non-hydrogen) atoms. The van der Waals surface area contributed by atoms with Crippen LogP contribution in [0, 0.1) is 13.8 Å². The maximum absolute atomic E-state index is 11.8. The second-order valence-corrected chi connectivity index (χ2v) is 6.24. The molecule has 6 nitrogen and oxygen atoms in total. The number of carbonyl (C=O) groups is 2. The lowest BCUT2D eigenvalue weighted by Gasteiger charge is -2.12. The quantitative estimate of drug-likeness (QED) is 0.690. The average Bonchev–Trinajstić information content (AvgIpc) is 2.90. The zero-order valence-corrected chi connectivity index (χ0v) is 14.8. The number of H-pyrrole nitrogens is 1. The largest absolute Gasteiger partial charge is 0.483 e. The summed E-state index contributed by atoms with van der Waals surface area (Å²) in [6.07, 6.45) is 1.62. The van der Waals surface area contributed by atoms with Gasteiger partial charge >= 0.3 is 0 Å². The van der Waals surface area contributed by atoms with E-state index in [0.717, 1.165) is 15.6 Å². The highest BCUT2D eigenvalue weighted by molar-refractivity contribution is 9.10. The highest BCUT2D eigenvalue weighted by Crippen LogP contribution is 2.26. The van der Waals surface area contributed by atoms with E-state index in [1.165, 1.54) is 0 Å². The van der Waals surface area contributed by atoms with Gasteiger partial charge in [-0.2, -0.15) is 0 Å². The van der Waals surface area contributed by atoms with Crippen LogP contribution in [0.4, 0.5) is 0 Å². The van der Waals surface area contributed by atoms with Crippen molar-refractivity contribution in [2.45, 2.75) is 13.8 Å². The van der Waals surface area contributed by atoms with Gasteiger partial charge < -0.3 is 9.72 Å². The van der Waals surface area contributed by atoms with Crippen molar-refractivity contribution in [2.75, 3.05) is 6.61 Å². The molecule has 0 unspecified atom stereocenters. The van der Waals surface area contributed by atoms with Crippen LogP contribution in [0.5, 0.6) is 5.75 Å². The molecule has 0 bridgehead atoms. The van der Waals surface area contributed by atoms with Crippen molar-refractivity contribution in [3.63, 3.8) is 0 Å². The van der Waals surface area contributed by atoms with Gasteiger partial charge in [-0.3, -0.25) is 20.4 Å². The van der Waals surface area contributed by atoms with Crippen molar-refractivity contribution in [1.29, 1.82) is 0 Å². The van der Waals surface area contributed by atoms with Gasteiger partial charge in [0.2, 0.25) is 0 Å². The van der Waals surface area contributed by atoms with Gasteiger partial charge in [-0.15, -0.1) is 0 Å². The van der Waals surface area contributed by atoms with Crippen LogP contribution < -0.4 is 15.6 Å². The summed E-state index contributed by atoms with van der Waals surface area (Å²) in [5.74, 6) is -0.329. The minimum atomic E-state index is -0.474. The predicted octanol–water partition coefficient (Wildman–Crippen LogP) is 2.89. The van der Waals surface area contributed by atoms with Gasteiger partial charge in [0.05, 0.1) is 0 Å². The van der Waals surface area contributed by atoms with Crippen molar-refractivity contribution in [2.24, 2.45) is 0 Å². The second-order valence-electron chi connectivity index (χ2n) is 4.89. The van der Waals surface area contributed by atoms with Crippen LogP contribution in [0.15, 0.2) is 28.9 Å². The molecule has 2 amide bonds. The van der Waals surface area contributed by atoms with E-state index in [0.29, 0.717) is 16.5 Å². The first-order valence-corrected chi connectivity index (χ1v) is 7.86. The Morgan fingerprint density at radius 3 is 2.43 bits per heavy atom. The summed E-state index contributed by atoms with van der Waals surface area (Å²) in [4.78, 5) is 26.3. The lowest BCUT2D eigenvalue weighted by Crippen LogP contribution is -2.44. The molecule has 1 aromatic heterocycles. The van der Waals surface area contributed by atoms with Crippen molar-refractivity contribution in [1.82, 2.24) is 15.8 Å². The summed E-state index contributed by atoms with van der Waals surface area (Å²) in [6, 6.07) is 5.11. The normalized spacial score (nSPS) is 10.3. The summed E-state index contributed by atoms with van der Waals surface area (Å²) in [5, 5.41) is 0.612. The standard InChI is InChI=1S/C15H15BrClN3O3/c1-8-3-11(17)4-9(2)14(8)23-7-13(21)19-20-15(22)12-5-10(16)6-18-12/h3-6,18H,7H2,1-2H3,(H,19,21)(H,20,22). The number of aryl methyl sites for hydroxylation is 2. The van der Waals surface area contributed by atoms with Crippen molar-refractivity contribution < 1.29 is 14.3 Å². The number of hydrogen-bond acceptors (Lipinski definition) is 3. The van der Waals surface area contributed by atoms with E-state index in [2.05, 4.69) is 31.8 Å². The molecule has 122 valence electrons. The van der Waals surface area contributed by atoms with Crippen LogP contribution in [0.3, 0.4) is 0 Å². The van der Waals surface area contributed by atoms with Gasteiger partial charge in [-0.1, -0.05) is 11.6 Å². The molecule has 2 rings (SSSR count). The van der Waals surface area contributed by atoms with Gasteiger partial charge in [0.15, 0.2) is 6.61 Å². The molecule has 0 spiro atoms. The molecule has 1 heterocycles. The molecule has 1 aromatic carbocycles. The van der Waals surface area contributed by atoms with Crippen LogP contribution in [0.1, 0.15) is 21.6 Å². The Morgan fingerprint density at radius 1 is 1.22 bits per heavy atom. The topological polar surface area (TPSA) is 83.2 Å². The van der Waals surface area contributed by atoms with Crippen LogP contribution >= 0.6 is 27.5 Å². The van der Waals surface area contributed by atoms with Gasteiger partial charge in [0.1, 0.15) is 11.4 Å². The third kappa shape index (κ3) is 4.74. The summed E-state index contributed by atoms with van der Waals surface area (Å²) >= 11 is 9.16. The minimum Gasteiger partial charge on any atom is -0.483 e. The van der Waals surface area contributed by atoms with Crippen molar-refractivity contribution in [3.05, 3.63) is 50.7 Å². The zero-order chi connectivity index (χ0) is 17.0. The van der Waals surface area contributed by atoms with Gasteiger partial charge in [0, 0.05) is 15.7 Å². The molecule has 0 atom stereocenters. The molecule has 0 aliphatic heterocycles. The van der Waals surface area contributed by atoms with Crippen molar-refractivity contribution in [3.8, 4) is 5.75 Å². The van der Waals surface area contributed by atoms with Crippen LogP contribution in [0.2, 0.25) is 5.02 Å². The minimum absolute atomic E-state index is 0.224. The van der Waals surface area contributed by atoms with Crippen molar-refractivity contribution >= 4 is 39.3 Å². The molecule has 0 radical (unpaired) electrons. The first kappa shape index (κ1) is 17.4. The maximum atomic E-state index is 11.8. The van der Waals surface area contributed by atoms with Crippen LogP contribution in [-0.2, 0) is 4.79 Å². The smallest absolute Gasteiger partial charge is 0.286 e. The van der Waals surface area contributed by atoms with E-state index in [1.807, 2.05) is 13.8 Å². The fourth-order valence-electron chi connectivity index (χ4n) is 1.99. The number of halogens is 2. The van der Waals surface area contributed by atoms with E-state index in [1.54, 1.807) is 24.4 Å². The molecule has 0 saturated heterocycles. The Morgan fingerprint density at radius 2 is 1.87 bits per heavy atom. The lowest BCUT2D eigenvalue weighted by molar-refractivity contribution is -0.123. The molecule has 0 aliphatic carbocycles. The second kappa shape index (κ2) is 7.52. The summed E-state index contributed by atoms with van der Waals surface area (Å²) < 4.78 is 6.23. The fraction of sp³-hybridized carbons (Fsp3) is 0.200. The zero-order valence-electron chi connectivity index (χ0n) is 12.5. The van der Waals surface area contributed by atoms with Crippen LogP contribution in [0.25, 0.3) is 0 Å². The van der Waals surface area contributed by atoms with Gasteiger partial charge in [0.25, 0.3) is 11.8 Å². The molecule has 8 heteroatoms. The number of ether oxygens (including phenoxy) is 1. The number of hydrazine groups is 1. The number of amides is 2. The summed E-state index contributed by atoms with van der Waals surface area (Å²) in [7, 11) is 0. The molecule has 0 fully saturated rings. The maximum Gasteiger partial charge on any atom is 0.286 e. The van der Waals surface area contributed by atoms with E-state index in [9.17, 15) is 9.59 Å². The number of hydrogen-bond donors (Lipinski definition) is 3. The Kier molecular flexibility index (Phi) is 5.68. The SMILES string of the molecule is Cc1cc(Cl)cc(C)c1OCC(=O)NNC(=O)c1cc(Br)c[nH]1. The highest BCUT2D eigenvalue weighted by Gasteiger charge is 2.11. The third-order valence-electron chi connectivity index (χ3n) is 2.98. The fourth-order valence-corrected chi connectivity index (χ4v) is 2.66. The highest BCUT2D eigenvalue weighted by atomic mass is 79.9. The van der Waals surface area contributed by atoms with E-state index in [-0.39, 0.29) is 6.61 Å². The molecule has 3 N–H and O–H groups in total. The predicted molar refractivity (Wildman–Crippen MR) is 90.5 cm³/mol. The van der Waals surface area contributed by atoms with Gasteiger partial charge in [-0.25, -0.2) is 0 Å². The molecule has 0 saturated carbocycles. The number of aromatic nitrogens is 1. The Balaban J connectivity index is 1.85. The summed E-state index contributed by atoms with van der Waals surface area (Å²) in [6.45, 7) is 3.46. The molecular formula is C15H15BrClN3O3. The first-order valence-electron chi connectivity index (χ1n) is 6.69. The number of aromatic amines is 1. The van der Waals surface area contributed by atoms with Gasteiger partial charge in [-0.05, 0) is 59.1 Å². The van der Waals surface area contributed by atoms with E-state index < -0.39 is 11.8 Å². The Bertz CT molecular complexity index is 722. The Hall–Kier alpha value is -1.99. The number of benzene rings is 1. The monoisotopic (exact) mass is 399 g/mol. The van der Waals surface area contributed by atoms with E-state index in [4.69, 9.17) is 16.3 Å². The number of nitrogens with one attached hydrogen (secondary N) is 3. The van der Waals surface area contributed by atoms with Crippen LogP contribution in [-0.4, -0.2) is 23.4 Å². The summed E-state index contributed by atoms with van der Waals surface area (Å²) in [5.41, 5.74) is 6.57. The lowest BCUT2D eigenvalue weighted by atomic mass is 10.1. The Labute approximate surface area is 146 Å². The average molecular weight is 401 g/mol. The third-order valence-corrected chi connectivity index (χ3v) is 3.66. The molecular weight excluding hydrogens is 386 g/mol.